The van der Waals surface area contributed by atoms with Crippen molar-refractivity contribution < 1.29 is 32.9 Å². The number of ether oxygens (including phenoxy) is 5. The summed E-state index contributed by atoms with van der Waals surface area (Å²) in [6.07, 6.45) is 7.96. The molecule has 2 aromatic heterocycles. The van der Waals surface area contributed by atoms with Crippen molar-refractivity contribution in [3.63, 3.8) is 0 Å². The van der Waals surface area contributed by atoms with Gasteiger partial charge in [-0.2, -0.15) is 4.39 Å². The van der Waals surface area contributed by atoms with Crippen molar-refractivity contribution in [2.45, 2.75) is 99.3 Å². The van der Waals surface area contributed by atoms with Gasteiger partial charge < -0.3 is 34.3 Å². The van der Waals surface area contributed by atoms with E-state index in [1.165, 1.54) is 0 Å². The molecule has 0 aliphatic carbocycles. The predicted molar refractivity (Wildman–Crippen MR) is 235 cm³/mol. The van der Waals surface area contributed by atoms with Gasteiger partial charge in [0.15, 0.2) is 11.5 Å². The third-order valence-corrected chi connectivity index (χ3v) is 10.4. The number of halogens is 1. The number of anilines is 2. The van der Waals surface area contributed by atoms with Crippen LogP contribution < -0.4 is 29.6 Å². The average Bonchev–Trinajstić information content (AvgIpc) is 3.22. The summed E-state index contributed by atoms with van der Waals surface area (Å²) in [5.41, 5.74) is 6.77. The second-order valence-corrected chi connectivity index (χ2v) is 15.1. The number of rotatable bonds is 18. The maximum Gasteiger partial charge on any atom is 0.345 e. The minimum atomic E-state index is -0.414. The van der Waals surface area contributed by atoms with Crippen LogP contribution in [-0.4, -0.2) is 97.0 Å². The number of hydrogen-bond donors (Lipinski definition) is 2. The van der Waals surface area contributed by atoms with Gasteiger partial charge in [-0.05, 0) is 134 Å². The molecule has 0 bridgehead atoms. The lowest BCUT2D eigenvalue weighted by atomic mass is 10.0. The lowest BCUT2D eigenvalue weighted by Gasteiger charge is -2.33. The molecule has 0 amide bonds. The molecule has 2 aliphatic heterocycles. The van der Waals surface area contributed by atoms with Gasteiger partial charge in [-0.15, -0.1) is 0 Å². The minimum Gasteiger partial charge on any atom is -0.493 e. The van der Waals surface area contributed by atoms with Crippen LogP contribution >= 0.6 is 0 Å². The molecule has 6 rings (SSSR count). The van der Waals surface area contributed by atoms with Crippen molar-refractivity contribution >= 4 is 17.3 Å². The maximum absolute atomic E-state index is 14.4. The Morgan fingerprint density at radius 3 is 1.37 bits per heavy atom. The van der Waals surface area contributed by atoms with E-state index >= 15 is 0 Å². The van der Waals surface area contributed by atoms with Crippen molar-refractivity contribution in [2.75, 3.05) is 69.8 Å². The first-order chi connectivity index (χ1) is 29.1. The highest BCUT2D eigenvalue weighted by atomic mass is 19.1. The van der Waals surface area contributed by atoms with E-state index in [9.17, 15) is 9.18 Å². The fraction of sp³-hybridized carbons (Fsp3) is 0.511. The Balaban J connectivity index is 0.000000230. The molecule has 326 valence electrons. The van der Waals surface area contributed by atoms with Gasteiger partial charge in [0.05, 0.1) is 33.0 Å². The van der Waals surface area contributed by atoms with E-state index in [4.69, 9.17) is 23.7 Å². The highest BCUT2D eigenvalue weighted by Crippen LogP contribution is 2.34. The number of likely N-dealkylation sites (tertiary alicyclic amines) is 2. The number of piperidine rings is 2. The van der Waals surface area contributed by atoms with Gasteiger partial charge in [0.25, 0.3) is 0 Å². The van der Waals surface area contributed by atoms with Crippen molar-refractivity contribution in [1.29, 1.82) is 0 Å². The quantitative estimate of drug-likeness (QED) is 0.0933. The summed E-state index contributed by atoms with van der Waals surface area (Å²) in [5, 5.41) is 7.24. The molecular formula is C47H65FN6O6. The van der Waals surface area contributed by atoms with Gasteiger partial charge in [-0.25, -0.2) is 4.79 Å². The first kappa shape index (κ1) is 45.9. The topological polar surface area (TPSA) is 120 Å². The normalized spacial score (nSPS) is 15.1. The fourth-order valence-corrected chi connectivity index (χ4v) is 7.65. The summed E-state index contributed by atoms with van der Waals surface area (Å²) >= 11 is 0. The van der Waals surface area contributed by atoms with Crippen LogP contribution in [0, 0.1) is 19.7 Å². The standard InChI is InChI=1S/C25H35N3O4.C22H30FN3O2/c1-5-30-22-15-19(16-23(31-6-2)24(22)25(29)32-7-3)17-28-12-9-20(10-13-28)27-21-8-11-26-18(4)14-21;1-4-27-20-13-17(14-21(22(20)23)28-5-2)15-26-10-7-18(8-11-26)25-19-6-9-24-16(3)12-19/h8,11,14-16,20H,5-7,9-10,12-13,17H2,1-4H3,(H,26,27);6,9,12-14,18H,4-5,7-8,10-11,15H2,1-3H3,(H,24,25). The van der Waals surface area contributed by atoms with Gasteiger partial charge in [0, 0.05) is 86.5 Å². The van der Waals surface area contributed by atoms with Crippen molar-refractivity contribution in [3.8, 4) is 23.0 Å². The summed E-state index contributed by atoms with van der Waals surface area (Å²) in [6, 6.07) is 16.6. The molecule has 4 heterocycles. The zero-order valence-electron chi connectivity index (χ0n) is 36.7. The molecule has 2 saturated heterocycles. The molecule has 4 aromatic rings. The molecule has 0 spiro atoms. The molecule has 0 atom stereocenters. The first-order valence-corrected chi connectivity index (χ1v) is 21.6. The zero-order valence-corrected chi connectivity index (χ0v) is 36.7. The van der Waals surface area contributed by atoms with Crippen molar-refractivity contribution in [1.82, 2.24) is 19.8 Å². The molecule has 12 nitrogen and oxygen atoms in total. The molecule has 2 N–H and O–H groups in total. The highest BCUT2D eigenvalue weighted by molar-refractivity contribution is 5.96. The second kappa shape index (κ2) is 23.6. The Morgan fingerprint density at radius 2 is 1.00 bits per heavy atom. The third kappa shape index (κ3) is 13.7. The second-order valence-electron chi connectivity index (χ2n) is 15.1. The number of carbonyl (C=O) groups excluding carboxylic acids is 1. The monoisotopic (exact) mass is 828 g/mol. The summed E-state index contributed by atoms with van der Waals surface area (Å²) < 4.78 is 42.2. The Labute approximate surface area is 356 Å². The van der Waals surface area contributed by atoms with Crippen LogP contribution in [0.1, 0.15) is 93.2 Å². The number of nitrogens with zero attached hydrogens (tertiary/aromatic N) is 4. The maximum atomic E-state index is 14.4. The van der Waals surface area contributed by atoms with Crippen LogP contribution in [0.4, 0.5) is 15.8 Å². The number of aromatic nitrogens is 2. The molecule has 0 radical (unpaired) electrons. The van der Waals surface area contributed by atoms with Crippen LogP contribution in [0.5, 0.6) is 23.0 Å². The number of pyridine rings is 2. The Kier molecular flexibility index (Phi) is 18.1. The Bertz CT molecular complexity index is 1900. The number of aryl methyl sites for hydroxylation is 2. The lowest BCUT2D eigenvalue weighted by molar-refractivity contribution is 0.0517. The molecule has 13 heteroatoms. The predicted octanol–water partition coefficient (Wildman–Crippen LogP) is 8.84. The largest absolute Gasteiger partial charge is 0.493 e. The third-order valence-electron chi connectivity index (χ3n) is 10.4. The summed E-state index contributed by atoms with van der Waals surface area (Å²) in [5.74, 6) is 0.765. The van der Waals surface area contributed by atoms with E-state index in [1.54, 1.807) is 19.1 Å². The SMILES string of the molecule is CCOC(=O)c1c(OCC)cc(CN2CCC(Nc3ccnc(C)c3)CC2)cc1OCC.CCOc1cc(CN2CCC(Nc3ccnc(C)c3)CC2)cc(OCC)c1F. The van der Waals surface area contributed by atoms with Crippen molar-refractivity contribution in [3.05, 3.63) is 94.8 Å². The van der Waals surface area contributed by atoms with Crippen LogP contribution in [-0.2, 0) is 17.8 Å². The number of esters is 1. The molecule has 0 unspecified atom stereocenters. The van der Waals surface area contributed by atoms with Gasteiger partial charge in [0.2, 0.25) is 5.82 Å². The Hall–Kier alpha value is -5.14. The molecular weight excluding hydrogens is 764 g/mol. The van der Waals surface area contributed by atoms with E-state index < -0.39 is 11.8 Å². The van der Waals surface area contributed by atoms with Crippen LogP contribution in [0.15, 0.2) is 60.9 Å². The minimum absolute atomic E-state index is 0.271. The van der Waals surface area contributed by atoms with Gasteiger partial charge >= 0.3 is 5.97 Å². The van der Waals surface area contributed by atoms with Gasteiger partial charge in [-0.1, -0.05) is 0 Å². The molecule has 2 fully saturated rings. The number of benzene rings is 2. The Morgan fingerprint density at radius 1 is 0.617 bits per heavy atom. The van der Waals surface area contributed by atoms with Crippen molar-refractivity contribution in [2.24, 2.45) is 0 Å². The molecule has 60 heavy (non-hydrogen) atoms. The zero-order chi connectivity index (χ0) is 42.9. The summed E-state index contributed by atoms with van der Waals surface area (Å²) in [6.45, 7) is 20.9. The molecule has 2 aliphatic rings. The fourth-order valence-electron chi connectivity index (χ4n) is 7.65. The van der Waals surface area contributed by atoms with Crippen LogP contribution in [0.2, 0.25) is 0 Å². The number of hydrogen-bond acceptors (Lipinski definition) is 12. The molecule has 2 aromatic carbocycles. The van der Waals surface area contributed by atoms with Gasteiger partial charge in [0.1, 0.15) is 17.1 Å². The van der Waals surface area contributed by atoms with E-state index in [0.717, 1.165) is 98.8 Å². The summed E-state index contributed by atoms with van der Waals surface area (Å²) in [4.78, 5) is 25.9. The van der Waals surface area contributed by atoms with Crippen LogP contribution in [0.25, 0.3) is 0 Å². The molecule has 0 saturated carbocycles. The van der Waals surface area contributed by atoms with E-state index in [-0.39, 0.29) is 11.5 Å². The number of nitrogens with one attached hydrogen (secondary N) is 2. The highest BCUT2D eigenvalue weighted by Gasteiger charge is 2.25. The van der Waals surface area contributed by atoms with E-state index in [2.05, 4.69) is 42.5 Å². The first-order valence-electron chi connectivity index (χ1n) is 21.6. The van der Waals surface area contributed by atoms with Crippen LogP contribution in [0.3, 0.4) is 0 Å². The van der Waals surface area contributed by atoms with E-state index in [1.807, 2.05) is 78.2 Å². The smallest absolute Gasteiger partial charge is 0.345 e. The number of carbonyl (C=O) groups is 1. The summed E-state index contributed by atoms with van der Waals surface area (Å²) in [7, 11) is 0. The average molecular weight is 829 g/mol. The van der Waals surface area contributed by atoms with Gasteiger partial charge in [-0.3, -0.25) is 19.8 Å². The van der Waals surface area contributed by atoms with E-state index in [0.29, 0.717) is 62.2 Å². The lowest BCUT2D eigenvalue weighted by Crippen LogP contribution is -2.38.